The number of ether oxygens (including phenoxy) is 2. The Kier molecular flexibility index (Phi) is 15.5. The molecule has 9 heteroatoms. The molecule has 0 aromatic heterocycles. The summed E-state index contributed by atoms with van der Waals surface area (Å²) in [6, 6.07) is 11.8. The molecule has 0 saturated heterocycles. The first-order valence-corrected chi connectivity index (χ1v) is 18.0. The number of nitrogens with zero attached hydrogens (tertiary/aromatic N) is 1. The van der Waals surface area contributed by atoms with Crippen LogP contribution in [-0.4, -0.2) is 58.1 Å². The minimum atomic E-state index is -1.11. The van der Waals surface area contributed by atoms with Crippen molar-refractivity contribution < 1.29 is 28.7 Å². The van der Waals surface area contributed by atoms with E-state index < -0.39 is 59.2 Å². The smallest absolute Gasteiger partial charge is 0.408 e. The van der Waals surface area contributed by atoms with E-state index in [1.807, 2.05) is 83.1 Å². The van der Waals surface area contributed by atoms with Crippen LogP contribution in [0.1, 0.15) is 124 Å². The number of amides is 3. The third-order valence-electron chi connectivity index (χ3n) is 7.96. The van der Waals surface area contributed by atoms with Gasteiger partial charge in [-0.15, -0.1) is 0 Å². The van der Waals surface area contributed by atoms with Crippen LogP contribution >= 0.6 is 0 Å². The van der Waals surface area contributed by atoms with Crippen molar-refractivity contribution in [1.82, 2.24) is 15.5 Å². The van der Waals surface area contributed by atoms with Crippen molar-refractivity contribution in [3.05, 3.63) is 70.8 Å². The maximum absolute atomic E-state index is 14.9. The highest BCUT2D eigenvalue weighted by molar-refractivity contribution is 5.94. The van der Waals surface area contributed by atoms with E-state index in [2.05, 4.69) is 24.5 Å². The molecule has 0 heterocycles. The van der Waals surface area contributed by atoms with Crippen LogP contribution in [0.5, 0.6) is 0 Å². The number of rotatable bonds is 15. The fraction of sp³-hybridized carbons (Fsp3) is 0.610. The number of hydrogen-bond acceptors (Lipinski definition) is 6. The molecule has 2 aromatic rings. The molecule has 0 aliphatic rings. The molecule has 278 valence electrons. The molecule has 4 unspecified atom stereocenters. The monoisotopic (exact) mass is 693 g/mol. The van der Waals surface area contributed by atoms with Crippen molar-refractivity contribution >= 4 is 23.9 Å². The maximum atomic E-state index is 14.9. The molecule has 0 saturated carbocycles. The lowest BCUT2D eigenvalue weighted by molar-refractivity contribution is -0.159. The zero-order chi connectivity index (χ0) is 38.0. The Morgan fingerprint density at radius 3 is 1.78 bits per heavy atom. The summed E-state index contributed by atoms with van der Waals surface area (Å²) in [6.45, 7) is 24.7. The molecular formula is C41H63N3O6. The van der Waals surface area contributed by atoms with Crippen LogP contribution in [0.2, 0.25) is 0 Å². The summed E-state index contributed by atoms with van der Waals surface area (Å²) in [5.41, 5.74) is 1.78. The molecular weight excluding hydrogens is 630 g/mol. The summed E-state index contributed by atoms with van der Waals surface area (Å²) < 4.78 is 11.4. The van der Waals surface area contributed by atoms with Crippen LogP contribution in [0.25, 0.3) is 0 Å². The van der Waals surface area contributed by atoms with Crippen LogP contribution in [0.15, 0.2) is 48.5 Å². The number of alkyl carbamates (subject to hydrolysis) is 1. The van der Waals surface area contributed by atoms with Gasteiger partial charge in [0.15, 0.2) is 0 Å². The van der Waals surface area contributed by atoms with Crippen molar-refractivity contribution in [2.24, 2.45) is 11.8 Å². The SMILES string of the molecule is Cc1cc(C)cc(C(C(=O)NC(Cc2ccccc2)C(=O)OC(C)(C)C)N(C(=O)C(CC(C)C)NC(=O)OC(C)(C)C)C(C)CCC(C)C)c1. The van der Waals surface area contributed by atoms with Crippen molar-refractivity contribution in [1.29, 1.82) is 0 Å². The lowest BCUT2D eigenvalue weighted by Crippen LogP contribution is -2.57. The highest BCUT2D eigenvalue weighted by Crippen LogP contribution is 2.30. The summed E-state index contributed by atoms with van der Waals surface area (Å²) in [5, 5.41) is 5.84. The zero-order valence-electron chi connectivity index (χ0n) is 32.8. The van der Waals surface area contributed by atoms with Gasteiger partial charge in [-0.1, -0.05) is 87.4 Å². The van der Waals surface area contributed by atoms with Gasteiger partial charge in [0.05, 0.1) is 0 Å². The first kappa shape index (κ1) is 42.3. The largest absolute Gasteiger partial charge is 0.458 e. The van der Waals surface area contributed by atoms with Gasteiger partial charge >= 0.3 is 12.1 Å². The maximum Gasteiger partial charge on any atom is 0.408 e. The molecule has 50 heavy (non-hydrogen) atoms. The fourth-order valence-corrected chi connectivity index (χ4v) is 5.91. The number of hydrogen-bond donors (Lipinski definition) is 2. The molecule has 0 fully saturated rings. The van der Waals surface area contributed by atoms with Gasteiger partial charge in [-0.05, 0) is 105 Å². The van der Waals surface area contributed by atoms with Crippen LogP contribution < -0.4 is 10.6 Å². The van der Waals surface area contributed by atoms with E-state index in [0.29, 0.717) is 24.3 Å². The van der Waals surface area contributed by atoms with E-state index in [-0.39, 0.29) is 12.3 Å². The number of benzene rings is 2. The first-order chi connectivity index (χ1) is 23.1. The number of nitrogens with one attached hydrogen (secondary N) is 2. The fourth-order valence-electron chi connectivity index (χ4n) is 5.91. The van der Waals surface area contributed by atoms with E-state index in [0.717, 1.165) is 23.1 Å². The summed E-state index contributed by atoms with van der Waals surface area (Å²) in [6.07, 6.45) is 1.27. The normalized spacial score (nSPS) is 14.4. The standard InChI is InChI=1S/C41H63N3O6/c1-26(2)19-20-30(7)44(37(46)33(21-27(3)4)43-39(48)50-41(11,12)13)35(32-23-28(5)22-29(6)24-32)36(45)42-34(38(47)49-40(8,9)10)25-31-17-15-14-16-18-31/h14-18,22-24,26-27,30,33-35H,19-21,25H2,1-13H3,(H,42,45)(H,43,48). The second-order valence-electron chi connectivity index (χ2n) is 16.5. The van der Waals surface area contributed by atoms with E-state index >= 15 is 0 Å². The molecule has 0 bridgehead atoms. The third-order valence-corrected chi connectivity index (χ3v) is 7.96. The Bertz CT molecular complexity index is 1400. The molecule has 2 aromatic carbocycles. The molecule has 2 N–H and O–H groups in total. The average molecular weight is 694 g/mol. The lowest BCUT2D eigenvalue weighted by atomic mass is 9.93. The third kappa shape index (κ3) is 14.5. The minimum Gasteiger partial charge on any atom is -0.458 e. The molecule has 0 spiro atoms. The molecule has 9 nitrogen and oxygen atoms in total. The zero-order valence-corrected chi connectivity index (χ0v) is 32.8. The lowest BCUT2D eigenvalue weighted by Gasteiger charge is -2.39. The summed E-state index contributed by atoms with van der Waals surface area (Å²) in [4.78, 5) is 58.2. The Labute approximate surface area is 301 Å². The molecule has 0 radical (unpaired) electrons. The second kappa shape index (κ2) is 18.4. The van der Waals surface area contributed by atoms with Crippen molar-refractivity contribution in [2.45, 2.75) is 151 Å². The van der Waals surface area contributed by atoms with Crippen LogP contribution in [-0.2, 0) is 30.3 Å². The van der Waals surface area contributed by atoms with Gasteiger partial charge in [-0.3, -0.25) is 9.59 Å². The topological polar surface area (TPSA) is 114 Å². The average Bonchev–Trinajstić information content (AvgIpc) is 2.95. The van der Waals surface area contributed by atoms with E-state index in [9.17, 15) is 19.2 Å². The van der Waals surface area contributed by atoms with Gasteiger partial charge in [0.1, 0.15) is 29.3 Å². The Morgan fingerprint density at radius 1 is 0.720 bits per heavy atom. The molecule has 0 aliphatic heterocycles. The second-order valence-corrected chi connectivity index (χ2v) is 16.5. The number of aryl methyl sites for hydroxylation is 2. The van der Waals surface area contributed by atoms with Crippen LogP contribution in [0.4, 0.5) is 4.79 Å². The highest BCUT2D eigenvalue weighted by Gasteiger charge is 2.41. The molecule has 3 amide bonds. The van der Waals surface area contributed by atoms with Crippen molar-refractivity contribution in [2.75, 3.05) is 0 Å². The quantitative estimate of drug-likeness (QED) is 0.183. The first-order valence-electron chi connectivity index (χ1n) is 18.0. The predicted octanol–water partition coefficient (Wildman–Crippen LogP) is 8.01. The number of carbonyl (C=O) groups is 4. The highest BCUT2D eigenvalue weighted by atomic mass is 16.6. The predicted molar refractivity (Wildman–Crippen MR) is 200 cm³/mol. The van der Waals surface area contributed by atoms with E-state index in [4.69, 9.17) is 9.47 Å². The molecule has 4 atom stereocenters. The van der Waals surface area contributed by atoms with E-state index in [1.165, 1.54) is 0 Å². The van der Waals surface area contributed by atoms with Crippen molar-refractivity contribution in [3.8, 4) is 0 Å². The summed E-state index contributed by atoms with van der Waals surface area (Å²) in [5.74, 6) is -1.06. The van der Waals surface area contributed by atoms with E-state index in [1.54, 1.807) is 46.4 Å². The Morgan fingerprint density at radius 2 is 1.28 bits per heavy atom. The van der Waals surface area contributed by atoms with Gasteiger partial charge in [-0.25, -0.2) is 9.59 Å². The Balaban J connectivity index is 2.76. The molecule has 0 aliphatic carbocycles. The van der Waals surface area contributed by atoms with Crippen LogP contribution in [0, 0.1) is 25.7 Å². The minimum absolute atomic E-state index is 0.0441. The van der Waals surface area contributed by atoms with Gasteiger partial charge in [0.2, 0.25) is 11.8 Å². The van der Waals surface area contributed by atoms with Gasteiger partial charge in [0, 0.05) is 12.5 Å². The summed E-state index contributed by atoms with van der Waals surface area (Å²) in [7, 11) is 0. The summed E-state index contributed by atoms with van der Waals surface area (Å²) >= 11 is 0. The van der Waals surface area contributed by atoms with Crippen molar-refractivity contribution in [3.63, 3.8) is 0 Å². The van der Waals surface area contributed by atoms with Gasteiger partial charge in [0.25, 0.3) is 0 Å². The number of carbonyl (C=O) groups excluding carboxylic acids is 4. The Hall–Kier alpha value is -3.88. The molecule has 2 rings (SSSR count). The van der Waals surface area contributed by atoms with Gasteiger partial charge < -0.3 is 25.0 Å². The van der Waals surface area contributed by atoms with Crippen LogP contribution in [0.3, 0.4) is 0 Å². The number of esters is 1. The van der Waals surface area contributed by atoms with Gasteiger partial charge in [-0.2, -0.15) is 0 Å².